The lowest BCUT2D eigenvalue weighted by atomic mass is 10.0. The molecule has 0 aromatic heterocycles. The van der Waals surface area contributed by atoms with Gasteiger partial charge in [0.15, 0.2) is 0 Å². The number of hydrogen-bond acceptors (Lipinski definition) is 2. The normalized spacial score (nSPS) is 32.8. The van der Waals surface area contributed by atoms with Crippen molar-refractivity contribution in [3.05, 3.63) is 0 Å². The summed E-state index contributed by atoms with van der Waals surface area (Å²) >= 11 is 0. The molecule has 16 heavy (non-hydrogen) atoms. The molecule has 2 heteroatoms. The van der Waals surface area contributed by atoms with Crippen molar-refractivity contribution in [2.24, 2.45) is 17.8 Å². The second kappa shape index (κ2) is 6.02. The highest BCUT2D eigenvalue weighted by atomic mass is 14.9. The van der Waals surface area contributed by atoms with Crippen molar-refractivity contribution in [3.63, 3.8) is 0 Å². The summed E-state index contributed by atoms with van der Waals surface area (Å²) in [7, 11) is 0. The van der Waals surface area contributed by atoms with E-state index >= 15 is 0 Å². The van der Waals surface area contributed by atoms with Gasteiger partial charge >= 0.3 is 0 Å². The third-order valence-corrected chi connectivity index (χ3v) is 4.30. The first-order valence-electron chi connectivity index (χ1n) is 7.23. The van der Waals surface area contributed by atoms with Crippen LogP contribution in [-0.4, -0.2) is 25.7 Å². The summed E-state index contributed by atoms with van der Waals surface area (Å²) in [4.78, 5) is 0. The van der Waals surface area contributed by atoms with Crippen molar-refractivity contribution < 1.29 is 0 Å². The molecule has 2 aliphatic carbocycles. The Morgan fingerprint density at radius 1 is 1.06 bits per heavy atom. The molecule has 2 rings (SSSR count). The van der Waals surface area contributed by atoms with Crippen LogP contribution in [0.2, 0.25) is 0 Å². The van der Waals surface area contributed by atoms with Gasteiger partial charge in [0.1, 0.15) is 0 Å². The Morgan fingerprint density at radius 3 is 2.38 bits per heavy atom. The van der Waals surface area contributed by atoms with Crippen LogP contribution < -0.4 is 10.6 Å². The van der Waals surface area contributed by atoms with Crippen molar-refractivity contribution in [2.75, 3.05) is 19.6 Å². The average Bonchev–Trinajstić information content (AvgIpc) is 2.97. The minimum Gasteiger partial charge on any atom is -0.316 e. The molecule has 94 valence electrons. The summed E-state index contributed by atoms with van der Waals surface area (Å²) in [6.07, 6.45) is 7.30. The molecule has 2 unspecified atom stereocenters. The predicted molar refractivity (Wildman–Crippen MR) is 69.6 cm³/mol. The summed E-state index contributed by atoms with van der Waals surface area (Å²) in [5.41, 5.74) is 0. The quantitative estimate of drug-likeness (QED) is 0.649. The van der Waals surface area contributed by atoms with Crippen LogP contribution in [0.25, 0.3) is 0 Å². The lowest BCUT2D eigenvalue weighted by Gasteiger charge is -2.08. The zero-order chi connectivity index (χ0) is 11.4. The monoisotopic (exact) mass is 224 g/mol. The predicted octanol–water partition coefficient (Wildman–Crippen LogP) is 2.40. The van der Waals surface area contributed by atoms with Gasteiger partial charge in [0.05, 0.1) is 0 Å². The first-order chi connectivity index (χ1) is 7.79. The van der Waals surface area contributed by atoms with E-state index in [4.69, 9.17) is 0 Å². The van der Waals surface area contributed by atoms with Crippen molar-refractivity contribution in [1.29, 1.82) is 0 Å². The average molecular weight is 224 g/mol. The van der Waals surface area contributed by atoms with Crippen molar-refractivity contribution in [2.45, 2.75) is 52.0 Å². The van der Waals surface area contributed by atoms with Gasteiger partial charge in [-0.3, -0.25) is 0 Å². The Labute approximate surface area is 101 Å². The van der Waals surface area contributed by atoms with E-state index in [1.807, 2.05) is 0 Å². The molecule has 0 spiro atoms. The minimum atomic E-state index is 0.631. The third-order valence-electron chi connectivity index (χ3n) is 4.30. The van der Waals surface area contributed by atoms with Gasteiger partial charge in [0.2, 0.25) is 0 Å². The van der Waals surface area contributed by atoms with Crippen LogP contribution in [0.5, 0.6) is 0 Å². The molecule has 0 amide bonds. The van der Waals surface area contributed by atoms with E-state index in [-0.39, 0.29) is 0 Å². The Balaban J connectivity index is 1.44. The zero-order valence-corrected chi connectivity index (χ0v) is 11.0. The van der Waals surface area contributed by atoms with Crippen LogP contribution in [0, 0.1) is 17.8 Å². The van der Waals surface area contributed by atoms with E-state index in [2.05, 4.69) is 24.5 Å². The Bertz CT molecular complexity index is 191. The van der Waals surface area contributed by atoms with Crippen LogP contribution >= 0.6 is 0 Å². The first kappa shape index (κ1) is 12.4. The van der Waals surface area contributed by atoms with Crippen LogP contribution in [0.3, 0.4) is 0 Å². The molecule has 2 nitrogen and oxygen atoms in total. The maximum Gasteiger partial charge on any atom is 0.00103 e. The largest absolute Gasteiger partial charge is 0.316 e. The highest BCUT2D eigenvalue weighted by molar-refractivity contribution is 4.99. The highest BCUT2D eigenvalue weighted by Gasteiger charge is 2.49. The maximum atomic E-state index is 3.64. The standard InChI is InChI=1S/C14H28N2/c1-11(2)16-9-5-8-15-10-14-12-6-3-4-7-13(12)14/h11-16H,3-10H2,1-2H3. The molecule has 0 bridgehead atoms. The Morgan fingerprint density at radius 2 is 1.75 bits per heavy atom. The molecule has 2 saturated carbocycles. The lowest BCUT2D eigenvalue weighted by Crippen LogP contribution is -2.27. The van der Waals surface area contributed by atoms with Crippen LogP contribution in [-0.2, 0) is 0 Å². The molecule has 0 aromatic rings. The lowest BCUT2D eigenvalue weighted by molar-refractivity contribution is 0.480. The number of rotatable bonds is 7. The molecule has 0 heterocycles. The van der Waals surface area contributed by atoms with Crippen LogP contribution in [0.15, 0.2) is 0 Å². The first-order valence-corrected chi connectivity index (χ1v) is 7.23. The topological polar surface area (TPSA) is 24.1 Å². The van der Waals surface area contributed by atoms with Crippen molar-refractivity contribution in [1.82, 2.24) is 10.6 Å². The SMILES string of the molecule is CC(C)NCCCNCC1C2CCCCC21. The summed E-state index contributed by atoms with van der Waals surface area (Å²) in [6, 6.07) is 0.631. The molecule has 2 atom stereocenters. The minimum absolute atomic E-state index is 0.631. The molecule has 0 saturated heterocycles. The molecule has 2 N–H and O–H groups in total. The van der Waals surface area contributed by atoms with E-state index in [0.29, 0.717) is 6.04 Å². The van der Waals surface area contributed by atoms with E-state index < -0.39 is 0 Å². The van der Waals surface area contributed by atoms with Gasteiger partial charge in [-0.05, 0) is 56.7 Å². The van der Waals surface area contributed by atoms with Crippen LogP contribution in [0.4, 0.5) is 0 Å². The molecule has 2 fully saturated rings. The van der Waals surface area contributed by atoms with E-state index in [1.54, 1.807) is 0 Å². The summed E-state index contributed by atoms with van der Waals surface area (Å²) in [5, 5.41) is 7.10. The molecular weight excluding hydrogens is 196 g/mol. The van der Waals surface area contributed by atoms with E-state index in [0.717, 1.165) is 24.3 Å². The fourth-order valence-corrected chi connectivity index (χ4v) is 3.32. The molecular formula is C14H28N2. The second-order valence-electron chi connectivity index (χ2n) is 5.94. The highest BCUT2D eigenvalue weighted by Crippen LogP contribution is 2.54. The summed E-state index contributed by atoms with van der Waals surface area (Å²) < 4.78 is 0. The van der Waals surface area contributed by atoms with Gasteiger partial charge in [-0.25, -0.2) is 0 Å². The zero-order valence-electron chi connectivity index (χ0n) is 11.0. The van der Waals surface area contributed by atoms with Gasteiger partial charge < -0.3 is 10.6 Å². The Kier molecular flexibility index (Phi) is 4.66. The molecule has 0 radical (unpaired) electrons. The van der Waals surface area contributed by atoms with Gasteiger partial charge in [-0.15, -0.1) is 0 Å². The van der Waals surface area contributed by atoms with E-state index in [9.17, 15) is 0 Å². The maximum absolute atomic E-state index is 3.64. The van der Waals surface area contributed by atoms with Crippen LogP contribution in [0.1, 0.15) is 46.0 Å². The second-order valence-corrected chi connectivity index (χ2v) is 5.94. The Hall–Kier alpha value is -0.0800. The van der Waals surface area contributed by atoms with Crippen molar-refractivity contribution in [3.8, 4) is 0 Å². The van der Waals surface area contributed by atoms with E-state index in [1.165, 1.54) is 45.2 Å². The summed E-state index contributed by atoms with van der Waals surface area (Å²) in [6.45, 7) is 8.06. The van der Waals surface area contributed by atoms with Gasteiger partial charge in [-0.2, -0.15) is 0 Å². The number of nitrogens with one attached hydrogen (secondary N) is 2. The summed E-state index contributed by atoms with van der Waals surface area (Å²) in [5.74, 6) is 3.26. The molecule has 2 aliphatic rings. The molecule has 0 aliphatic heterocycles. The third kappa shape index (κ3) is 3.46. The smallest absolute Gasteiger partial charge is 0.00103 e. The van der Waals surface area contributed by atoms with Gasteiger partial charge in [-0.1, -0.05) is 26.7 Å². The molecule has 0 aromatic carbocycles. The number of fused-ring (bicyclic) bond motifs is 1. The van der Waals surface area contributed by atoms with Crippen molar-refractivity contribution >= 4 is 0 Å². The van der Waals surface area contributed by atoms with Gasteiger partial charge in [0, 0.05) is 6.04 Å². The van der Waals surface area contributed by atoms with Gasteiger partial charge in [0.25, 0.3) is 0 Å². The fourth-order valence-electron chi connectivity index (χ4n) is 3.32. The number of hydrogen-bond donors (Lipinski definition) is 2. The fraction of sp³-hybridized carbons (Fsp3) is 1.00.